The van der Waals surface area contributed by atoms with Crippen LogP contribution in [0.4, 0.5) is 0 Å². The van der Waals surface area contributed by atoms with Gasteiger partial charge >= 0.3 is 11.6 Å². The zero-order valence-corrected chi connectivity index (χ0v) is 15.8. The summed E-state index contributed by atoms with van der Waals surface area (Å²) in [6.07, 6.45) is 0.693. The maximum Gasteiger partial charge on any atom is 0.336 e. The lowest BCUT2D eigenvalue weighted by Gasteiger charge is -2.21. The molecule has 0 aliphatic rings. The van der Waals surface area contributed by atoms with Gasteiger partial charge in [-0.15, -0.1) is 0 Å². The SMILES string of the molecule is CCC(C)C(NCc1c(O)ccc2c(-c3ccccc3)cc(=O)oc12)C(=O)O. The van der Waals surface area contributed by atoms with Gasteiger partial charge in [-0.1, -0.05) is 50.6 Å². The number of carboxylic acid groups (broad SMARTS) is 1. The first kappa shape index (κ1) is 19.6. The molecule has 2 aromatic carbocycles. The topological polar surface area (TPSA) is 99.8 Å². The Labute approximate surface area is 162 Å². The third kappa shape index (κ3) is 3.92. The number of aliphatic carboxylic acids is 1. The van der Waals surface area contributed by atoms with E-state index in [1.54, 1.807) is 6.07 Å². The molecule has 2 atom stereocenters. The fourth-order valence-corrected chi connectivity index (χ4v) is 3.28. The highest BCUT2D eigenvalue weighted by molar-refractivity contribution is 5.95. The first-order valence-corrected chi connectivity index (χ1v) is 9.22. The standard InChI is InChI=1S/C22H23NO5/c1-3-13(2)20(22(26)27)23-12-17-18(24)10-9-15-16(11-19(25)28-21(15)17)14-7-5-4-6-8-14/h4-11,13,20,23-24H,3,12H2,1-2H3,(H,26,27). The number of phenolic OH excluding ortho intramolecular Hbond substituents is 1. The summed E-state index contributed by atoms with van der Waals surface area (Å²) in [7, 11) is 0. The Hall–Kier alpha value is -3.12. The van der Waals surface area contributed by atoms with Gasteiger partial charge in [0, 0.05) is 18.0 Å². The molecule has 0 spiro atoms. The molecule has 0 radical (unpaired) electrons. The van der Waals surface area contributed by atoms with Crippen LogP contribution in [0.5, 0.6) is 5.75 Å². The van der Waals surface area contributed by atoms with Crippen LogP contribution in [0.25, 0.3) is 22.1 Å². The smallest absolute Gasteiger partial charge is 0.336 e. The second kappa shape index (κ2) is 8.27. The van der Waals surface area contributed by atoms with Crippen LogP contribution in [0.2, 0.25) is 0 Å². The van der Waals surface area contributed by atoms with Gasteiger partial charge in [-0.2, -0.15) is 0 Å². The third-order valence-corrected chi connectivity index (χ3v) is 5.05. The average Bonchev–Trinajstić information content (AvgIpc) is 2.69. The molecule has 6 nitrogen and oxygen atoms in total. The first-order valence-electron chi connectivity index (χ1n) is 9.22. The second-order valence-corrected chi connectivity index (χ2v) is 6.87. The van der Waals surface area contributed by atoms with Crippen LogP contribution < -0.4 is 10.9 Å². The van der Waals surface area contributed by atoms with Crippen LogP contribution in [0, 0.1) is 5.92 Å². The number of nitrogens with one attached hydrogen (secondary N) is 1. The maximum absolute atomic E-state index is 12.2. The van der Waals surface area contributed by atoms with E-state index in [0.29, 0.717) is 22.9 Å². The van der Waals surface area contributed by atoms with E-state index in [1.807, 2.05) is 44.2 Å². The lowest BCUT2D eigenvalue weighted by Crippen LogP contribution is -2.41. The first-order chi connectivity index (χ1) is 13.4. The largest absolute Gasteiger partial charge is 0.507 e. The predicted octanol–water partition coefficient (Wildman–Crippen LogP) is 3.75. The molecule has 6 heteroatoms. The molecule has 0 aliphatic heterocycles. The summed E-state index contributed by atoms with van der Waals surface area (Å²) in [5.74, 6) is -1.11. The molecule has 1 heterocycles. The van der Waals surface area contributed by atoms with Gasteiger partial charge in [0.05, 0.1) is 5.56 Å². The molecule has 146 valence electrons. The van der Waals surface area contributed by atoms with Gasteiger partial charge in [0.1, 0.15) is 17.4 Å². The minimum absolute atomic E-state index is 0.0540. The molecular formula is C22H23NO5. The number of fused-ring (bicyclic) bond motifs is 1. The number of phenols is 1. The van der Waals surface area contributed by atoms with E-state index in [4.69, 9.17) is 4.42 Å². The summed E-state index contributed by atoms with van der Waals surface area (Å²) in [4.78, 5) is 23.7. The van der Waals surface area contributed by atoms with Crippen molar-refractivity contribution in [2.45, 2.75) is 32.9 Å². The van der Waals surface area contributed by atoms with Crippen molar-refractivity contribution in [2.24, 2.45) is 5.92 Å². The van der Waals surface area contributed by atoms with E-state index < -0.39 is 17.6 Å². The van der Waals surface area contributed by atoms with Gasteiger partial charge in [-0.25, -0.2) is 4.79 Å². The summed E-state index contributed by atoms with van der Waals surface area (Å²) in [5.41, 5.74) is 1.64. The van der Waals surface area contributed by atoms with Gasteiger partial charge in [0.15, 0.2) is 0 Å². The Morgan fingerprint density at radius 1 is 1.18 bits per heavy atom. The molecule has 3 aromatic rings. The zero-order valence-electron chi connectivity index (χ0n) is 15.8. The Balaban J connectivity index is 2.08. The summed E-state index contributed by atoms with van der Waals surface area (Å²) in [6, 6.07) is 13.3. The highest BCUT2D eigenvalue weighted by Gasteiger charge is 2.24. The minimum Gasteiger partial charge on any atom is -0.507 e. The van der Waals surface area contributed by atoms with Crippen molar-refractivity contribution < 1.29 is 19.4 Å². The number of benzene rings is 2. The summed E-state index contributed by atoms with van der Waals surface area (Å²) in [5, 5.41) is 23.5. The van der Waals surface area contributed by atoms with Crippen LogP contribution in [-0.4, -0.2) is 22.2 Å². The molecule has 2 unspecified atom stereocenters. The lowest BCUT2D eigenvalue weighted by atomic mass is 9.97. The molecule has 1 aromatic heterocycles. The minimum atomic E-state index is -0.958. The number of hydrogen-bond donors (Lipinski definition) is 3. The number of hydrogen-bond acceptors (Lipinski definition) is 5. The second-order valence-electron chi connectivity index (χ2n) is 6.87. The van der Waals surface area contributed by atoms with Crippen LogP contribution in [0.15, 0.2) is 57.7 Å². The number of carbonyl (C=O) groups is 1. The fourth-order valence-electron chi connectivity index (χ4n) is 3.28. The van der Waals surface area contributed by atoms with Crippen molar-refractivity contribution in [3.05, 3.63) is 64.5 Å². The van der Waals surface area contributed by atoms with Crippen molar-refractivity contribution in [1.82, 2.24) is 5.32 Å². The predicted molar refractivity (Wildman–Crippen MR) is 107 cm³/mol. The quantitative estimate of drug-likeness (QED) is 0.539. The molecule has 3 rings (SSSR count). The number of aromatic hydroxyl groups is 1. The van der Waals surface area contributed by atoms with E-state index in [0.717, 1.165) is 5.56 Å². The van der Waals surface area contributed by atoms with Crippen molar-refractivity contribution in [3.63, 3.8) is 0 Å². The normalized spacial score (nSPS) is 13.4. The molecule has 0 bridgehead atoms. The molecule has 0 amide bonds. The Bertz CT molecular complexity index is 1040. The summed E-state index contributed by atoms with van der Waals surface area (Å²) in [6.45, 7) is 3.83. The van der Waals surface area contributed by atoms with Crippen molar-refractivity contribution in [2.75, 3.05) is 0 Å². The fraction of sp³-hybridized carbons (Fsp3) is 0.273. The Kier molecular flexibility index (Phi) is 5.80. The molecule has 3 N–H and O–H groups in total. The van der Waals surface area contributed by atoms with Gasteiger partial charge < -0.3 is 14.6 Å². The summed E-state index contributed by atoms with van der Waals surface area (Å²) >= 11 is 0. The third-order valence-electron chi connectivity index (χ3n) is 5.05. The average molecular weight is 381 g/mol. The molecule has 0 saturated carbocycles. The summed E-state index contributed by atoms with van der Waals surface area (Å²) < 4.78 is 5.41. The van der Waals surface area contributed by atoms with E-state index in [9.17, 15) is 19.8 Å². The van der Waals surface area contributed by atoms with Gasteiger partial charge in [0.2, 0.25) is 0 Å². The highest BCUT2D eigenvalue weighted by atomic mass is 16.4. The maximum atomic E-state index is 12.2. The van der Waals surface area contributed by atoms with Gasteiger partial charge in [0.25, 0.3) is 0 Å². The molecular weight excluding hydrogens is 358 g/mol. The Morgan fingerprint density at radius 2 is 1.89 bits per heavy atom. The van der Waals surface area contributed by atoms with E-state index in [2.05, 4.69) is 5.32 Å². The van der Waals surface area contributed by atoms with Gasteiger partial charge in [-0.3, -0.25) is 10.1 Å². The molecule has 28 heavy (non-hydrogen) atoms. The van der Waals surface area contributed by atoms with E-state index in [1.165, 1.54) is 12.1 Å². The monoisotopic (exact) mass is 381 g/mol. The van der Waals surface area contributed by atoms with Crippen LogP contribution in [-0.2, 0) is 11.3 Å². The molecule has 0 fully saturated rings. The van der Waals surface area contributed by atoms with E-state index in [-0.39, 0.29) is 23.8 Å². The lowest BCUT2D eigenvalue weighted by molar-refractivity contribution is -0.140. The van der Waals surface area contributed by atoms with Crippen molar-refractivity contribution in [1.29, 1.82) is 0 Å². The zero-order chi connectivity index (χ0) is 20.3. The number of rotatable bonds is 7. The van der Waals surface area contributed by atoms with Crippen LogP contribution in [0.3, 0.4) is 0 Å². The Morgan fingerprint density at radius 3 is 2.54 bits per heavy atom. The van der Waals surface area contributed by atoms with Crippen LogP contribution >= 0.6 is 0 Å². The molecule has 0 aliphatic carbocycles. The van der Waals surface area contributed by atoms with Crippen molar-refractivity contribution in [3.8, 4) is 16.9 Å². The van der Waals surface area contributed by atoms with Crippen LogP contribution in [0.1, 0.15) is 25.8 Å². The van der Waals surface area contributed by atoms with Crippen molar-refractivity contribution >= 4 is 16.9 Å². The highest BCUT2D eigenvalue weighted by Crippen LogP contribution is 2.33. The van der Waals surface area contributed by atoms with Gasteiger partial charge in [-0.05, 0) is 29.2 Å². The molecule has 0 saturated heterocycles. The number of carboxylic acids is 1. The van der Waals surface area contributed by atoms with E-state index >= 15 is 0 Å².